The number of nitrogens with one attached hydrogen (secondary N) is 2. The first-order valence-electron chi connectivity index (χ1n) is 13.9. The molecule has 1 unspecified atom stereocenters. The van der Waals surface area contributed by atoms with Crippen LogP contribution in [-0.4, -0.2) is 41.9 Å². The molecule has 0 saturated heterocycles. The van der Waals surface area contributed by atoms with Crippen molar-refractivity contribution in [2.45, 2.75) is 38.8 Å². The van der Waals surface area contributed by atoms with Crippen LogP contribution in [-0.2, 0) is 16.0 Å². The maximum atomic E-state index is 13.4. The van der Waals surface area contributed by atoms with Gasteiger partial charge >= 0.3 is 12.1 Å². The van der Waals surface area contributed by atoms with E-state index in [0.717, 1.165) is 16.6 Å². The zero-order chi connectivity index (χ0) is 30.1. The van der Waals surface area contributed by atoms with E-state index in [0.29, 0.717) is 41.2 Å². The fourth-order valence-electron chi connectivity index (χ4n) is 4.88. The summed E-state index contributed by atoms with van der Waals surface area (Å²) >= 11 is 0. The van der Waals surface area contributed by atoms with Gasteiger partial charge in [-0.2, -0.15) is 0 Å². The molecule has 1 aliphatic heterocycles. The van der Waals surface area contributed by atoms with E-state index in [1.165, 1.54) is 18.4 Å². The standard InChI is InChI=1S/C33H30N2O8/c1-33(2,3)43-32(38)35-26(16-21-14-20-6-4-5-7-25(20)34-21)31(37)42-22-9-10-23-28(17-22)41-18-24(30(23)36)19-8-11-27-29(15-19)40-13-12-39-27/h4-11,14-15,17-18,26,34H,12-13,16H2,1-3H3,(H,35,38). The first-order chi connectivity index (χ1) is 20.6. The lowest BCUT2D eigenvalue weighted by molar-refractivity contribution is -0.136. The topological polar surface area (TPSA) is 129 Å². The first-order valence-corrected chi connectivity index (χ1v) is 13.9. The van der Waals surface area contributed by atoms with Gasteiger partial charge in [0.05, 0.1) is 10.9 Å². The Kier molecular flexibility index (Phi) is 7.27. The second-order valence-electron chi connectivity index (χ2n) is 11.2. The number of benzene rings is 3. The second-order valence-corrected chi connectivity index (χ2v) is 11.2. The molecule has 1 amide bonds. The molecule has 3 aromatic carbocycles. The summed E-state index contributed by atoms with van der Waals surface area (Å²) in [4.78, 5) is 42.6. The van der Waals surface area contributed by atoms with Gasteiger partial charge in [-0.25, -0.2) is 9.59 Å². The maximum Gasteiger partial charge on any atom is 0.408 e. The number of aromatic amines is 1. The molecule has 10 heteroatoms. The van der Waals surface area contributed by atoms with Gasteiger partial charge in [0.15, 0.2) is 16.9 Å². The van der Waals surface area contributed by atoms with Gasteiger partial charge in [-0.3, -0.25) is 4.79 Å². The number of fused-ring (bicyclic) bond motifs is 3. The van der Waals surface area contributed by atoms with Gasteiger partial charge in [0.2, 0.25) is 0 Å². The summed E-state index contributed by atoms with van der Waals surface area (Å²) in [5.41, 5.74) is 1.85. The molecule has 0 fully saturated rings. The molecule has 0 radical (unpaired) electrons. The van der Waals surface area contributed by atoms with Crippen LogP contribution in [0.3, 0.4) is 0 Å². The van der Waals surface area contributed by atoms with Crippen molar-refractivity contribution in [2.24, 2.45) is 0 Å². The number of carbonyl (C=O) groups is 2. The molecule has 43 heavy (non-hydrogen) atoms. The SMILES string of the molecule is CC(C)(C)OC(=O)NC(Cc1cc2ccccc2[nH]1)C(=O)Oc1ccc2c(=O)c(-c3ccc4c(c3)OCCO4)coc2c1. The molecule has 5 aromatic rings. The van der Waals surface area contributed by atoms with E-state index >= 15 is 0 Å². The Hall–Kier alpha value is -5.25. The fourth-order valence-corrected chi connectivity index (χ4v) is 4.88. The van der Waals surface area contributed by atoms with Crippen molar-refractivity contribution in [3.63, 3.8) is 0 Å². The van der Waals surface area contributed by atoms with E-state index in [2.05, 4.69) is 10.3 Å². The van der Waals surface area contributed by atoms with Crippen molar-refractivity contribution >= 4 is 33.9 Å². The van der Waals surface area contributed by atoms with Gasteiger partial charge < -0.3 is 33.7 Å². The smallest absolute Gasteiger partial charge is 0.408 e. The normalized spacial score (nSPS) is 13.5. The number of rotatable bonds is 6. The number of para-hydroxylation sites is 1. The molecular weight excluding hydrogens is 552 g/mol. The van der Waals surface area contributed by atoms with E-state index in [4.69, 9.17) is 23.4 Å². The largest absolute Gasteiger partial charge is 0.486 e. The van der Waals surface area contributed by atoms with Gasteiger partial charge in [0.1, 0.15) is 42.5 Å². The maximum absolute atomic E-state index is 13.4. The van der Waals surface area contributed by atoms with Crippen molar-refractivity contribution in [1.82, 2.24) is 10.3 Å². The highest BCUT2D eigenvalue weighted by Gasteiger charge is 2.27. The van der Waals surface area contributed by atoms with Crippen LogP contribution in [0.15, 0.2) is 82.2 Å². The predicted molar refractivity (Wildman–Crippen MR) is 160 cm³/mol. The number of carbonyl (C=O) groups excluding carboxylic acids is 2. The van der Waals surface area contributed by atoms with Crippen molar-refractivity contribution in [1.29, 1.82) is 0 Å². The summed E-state index contributed by atoms with van der Waals surface area (Å²) in [6, 6.07) is 18.3. The summed E-state index contributed by atoms with van der Waals surface area (Å²) in [5.74, 6) is 0.627. The highest BCUT2D eigenvalue weighted by Crippen LogP contribution is 2.34. The highest BCUT2D eigenvalue weighted by molar-refractivity contribution is 5.87. The summed E-state index contributed by atoms with van der Waals surface area (Å²) in [7, 11) is 0. The predicted octanol–water partition coefficient (Wildman–Crippen LogP) is 5.75. The molecule has 6 rings (SSSR count). The quantitative estimate of drug-likeness (QED) is 0.191. The second kappa shape index (κ2) is 11.2. The molecule has 2 aromatic heterocycles. The number of hydrogen-bond acceptors (Lipinski definition) is 8. The molecule has 0 aliphatic carbocycles. The average molecular weight is 583 g/mol. The van der Waals surface area contributed by atoms with E-state index in [1.54, 1.807) is 45.0 Å². The summed E-state index contributed by atoms with van der Waals surface area (Å²) in [6.07, 6.45) is 0.750. The number of ether oxygens (including phenoxy) is 4. The van der Waals surface area contributed by atoms with Crippen LogP contribution in [0.25, 0.3) is 33.0 Å². The average Bonchev–Trinajstić information content (AvgIpc) is 3.38. The van der Waals surface area contributed by atoms with Crippen molar-refractivity contribution in [3.05, 3.63) is 88.9 Å². The zero-order valence-electron chi connectivity index (χ0n) is 23.9. The van der Waals surface area contributed by atoms with Crippen LogP contribution in [0, 0.1) is 0 Å². The van der Waals surface area contributed by atoms with Crippen molar-refractivity contribution < 1.29 is 33.0 Å². The van der Waals surface area contributed by atoms with E-state index in [-0.39, 0.29) is 23.2 Å². The van der Waals surface area contributed by atoms with Gasteiger partial charge in [-0.15, -0.1) is 0 Å². The Morgan fingerprint density at radius 1 is 0.977 bits per heavy atom. The van der Waals surface area contributed by atoms with Gasteiger partial charge in [-0.1, -0.05) is 24.3 Å². The number of aromatic nitrogens is 1. The zero-order valence-corrected chi connectivity index (χ0v) is 23.9. The Labute approximate surface area is 246 Å². The molecule has 0 spiro atoms. The third-order valence-electron chi connectivity index (χ3n) is 6.80. The number of hydrogen-bond donors (Lipinski definition) is 2. The lowest BCUT2D eigenvalue weighted by atomic mass is 10.0. The van der Waals surface area contributed by atoms with Crippen molar-refractivity contribution in [3.8, 4) is 28.4 Å². The van der Waals surface area contributed by atoms with Gasteiger partial charge in [0, 0.05) is 23.7 Å². The van der Waals surface area contributed by atoms with E-state index in [1.807, 2.05) is 30.3 Å². The summed E-state index contributed by atoms with van der Waals surface area (Å²) < 4.78 is 28.0. The van der Waals surface area contributed by atoms with Crippen LogP contribution in [0.1, 0.15) is 26.5 Å². The van der Waals surface area contributed by atoms with Crippen LogP contribution in [0.2, 0.25) is 0 Å². The molecule has 3 heterocycles. The lowest BCUT2D eigenvalue weighted by Crippen LogP contribution is -2.46. The summed E-state index contributed by atoms with van der Waals surface area (Å²) in [6.45, 7) is 6.11. The molecule has 1 aliphatic rings. The van der Waals surface area contributed by atoms with Crippen LogP contribution < -0.4 is 25.0 Å². The fraction of sp³-hybridized carbons (Fsp3) is 0.242. The lowest BCUT2D eigenvalue weighted by Gasteiger charge is -2.22. The molecule has 0 saturated carbocycles. The van der Waals surface area contributed by atoms with Crippen LogP contribution in [0.4, 0.5) is 4.79 Å². The molecular formula is C33H30N2O8. The monoisotopic (exact) mass is 582 g/mol. The molecule has 220 valence electrons. The Morgan fingerprint density at radius 3 is 2.56 bits per heavy atom. The molecule has 2 N–H and O–H groups in total. The summed E-state index contributed by atoms with van der Waals surface area (Å²) in [5, 5.41) is 3.92. The van der Waals surface area contributed by atoms with Crippen molar-refractivity contribution in [2.75, 3.05) is 13.2 Å². The minimum absolute atomic E-state index is 0.133. The Bertz CT molecular complexity index is 1870. The molecule has 0 bridgehead atoms. The number of esters is 1. The molecule has 1 atom stereocenters. The van der Waals surface area contributed by atoms with E-state index < -0.39 is 23.7 Å². The molecule has 10 nitrogen and oxygen atoms in total. The highest BCUT2D eigenvalue weighted by atomic mass is 16.6. The van der Waals surface area contributed by atoms with E-state index in [9.17, 15) is 14.4 Å². The minimum atomic E-state index is -1.07. The van der Waals surface area contributed by atoms with Gasteiger partial charge in [-0.05, 0) is 68.1 Å². The number of alkyl carbamates (subject to hydrolysis) is 1. The van der Waals surface area contributed by atoms with Crippen LogP contribution >= 0.6 is 0 Å². The third-order valence-corrected chi connectivity index (χ3v) is 6.80. The Morgan fingerprint density at radius 2 is 1.77 bits per heavy atom. The first kappa shape index (κ1) is 27.9. The van der Waals surface area contributed by atoms with Gasteiger partial charge in [0.25, 0.3) is 0 Å². The number of H-pyrrole nitrogens is 1. The Balaban J connectivity index is 1.24. The number of amides is 1. The third kappa shape index (κ3) is 6.18. The minimum Gasteiger partial charge on any atom is -0.486 e. The van der Waals surface area contributed by atoms with Crippen LogP contribution in [0.5, 0.6) is 17.2 Å².